The molecule has 0 atom stereocenters. The zero-order chi connectivity index (χ0) is 13.0. The summed E-state index contributed by atoms with van der Waals surface area (Å²) in [5.41, 5.74) is 4.05. The molecule has 18 heavy (non-hydrogen) atoms. The van der Waals surface area contributed by atoms with E-state index in [4.69, 9.17) is 0 Å². The number of allylic oxidation sites excluding steroid dienone is 2. The topological polar surface area (TPSA) is 29.1 Å². The number of thioether (sulfide) groups is 1. The molecule has 0 saturated heterocycles. The van der Waals surface area contributed by atoms with E-state index in [1.165, 1.54) is 5.56 Å². The molecule has 3 heteroatoms. The minimum atomic E-state index is 0.198. The SMILES string of the molecule is C=CCCSCC(=O)c1ccc2c(c1)CC(=C)N2. The highest BCUT2D eigenvalue weighted by Crippen LogP contribution is 2.28. The van der Waals surface area contributed by atoms with Gasteiger partial charge >= 0.3 is 0 Å². The number of Topliss-reactive ketones (excluding diaryl/α,β-unsaturated/α-hetero) is 1. The Hall–Kier alpha value is -1.48. The Morgan fingerprint density at radius 1 is 1.50 bits per heavy atom. The Bertz CT molecular complexity index is 493. The first-order valence-corrected chi connectivity index (χ1v) is 7.15. The van der Waals surface area contributed by atoms with Crippen LogP contribution in [0.5, 0.6) is 0 Å². The molecular weight excluding hydrogens is 242 g/mol. The van der Waals surface area contributed by atoms with Crippen LogP contribution in [0.2, 0.25) is 0 Å². The molecule has 1 aliphatic heterocycles. The highest BCUT2D eigenvalue weighted by Gasteiger charge is 2.15. The molecule has 2 rings (SSSR count). The molecule has 1 aliphatic rings. The Kier molecular flexibility index (Phi) is 4.26. The number of anilines is 1. The van der Waals surface area contributed by atoms with Gasteiger partial charge in [0.05, 0.1) is 5.75 Å². The average Bonchev–Trinajstić information content (AvgIpc) is 2.73. The number of benzene rings is 1. The van der Waals surface area contributed by atoms with Gasteiger partial charge in [-0.05, 0) is 35.9 Å². The highest BCUT2D eigenvalue weighted by atomic mass is 32.2. The molecule has 0 bridgehead atoms. The van der Waals surface area contributed by atoms with Crippen molar-refractivity contribution in [3.05, 3.63) is 54.3 Å². The van der Waals surface area contributed by atoms with E-state index >= 15 is 0 Å². The zero-order valence-corrected chi connectivity index (χ0v) is 11.2. The quantitative estimate of drug-likeness (QED) is 0.480. The molecular formula is C15H17NOS. The third kappa shape index (κ3) is 3.05. The van der Waals surface area contributed by atoms with Gasteiger partial charge in [-0.25, -0.2) is 0 Å². The fourth-order valence-electron chi connectivity index (χ4n) is 1.91. The lowest BCUT2D eigenvalue weighted by molar-refractivity contribution is 0.102. The molecule has 0 unspecified atom stereocenters. The molecule has 0 amide bonds. The fraction of sp³-hybridized carbons (Fsp3) is 0.267. The summed E-state index contributed by atoms with van der Waals surface area (Å²) in [7, 11) is 0. The maximum absolute atomic E-state index is 12.0. The van der Waals surface area contributed by atoms with Gasteiger partial charge in [0.25, 0.3) is 0 Å². The van der Waals surface area contributed by atoms with Gasteiger partial charge in [-0.2, -0.15) is 11.8 Å². The number of ketones is 1. The minimum Gasteiger partial charge on any atom is -0.359 e. The molecule has 0 radical (unpaired) electrons. The predicted molar refractivity (Wildman–Crippen MR) is 79.4 cm³/mol. The van der Waals surface area contributed by atoms with Gasteiger partial charge in [-0.1, -0.05) is 12.7 Å². The average molecular weight is 259 g/mol. The summed E-state index contributed by atoms with van der Waals surface area (Å²) >= 11 is 1.66. The number of carbonyl (C=O) groups excluding carboxylic acids is 1. The summed E-state index contributed by atoms with van der Waals surface area (Å²) in [5, 5.41) is 3.20. The van der Waals surface area contributed by atoms with Crippen LogP contribution in [-0.4, -0.2) is 17.3 Å². The van der Waals surface area contributed by atoms with Crippen molar-refractivity contribution < 1.29 is 4.79 Å². The fourth-order valence-corrected chi connectivity index (χ4v) is 2.74. The van der Waals surface area contributed by atoms with E-state index in [1.807, 2.05) is 24.3 Å². The predicted octanol–water partition coefficient (Wildman–Crippen LogP) is 3.66. The van der Waals surface area contributed by atoms with Crippen LogP contribution < -0.4 is 5.32 Å². The van der Waals surface area contributed by atoms with Crippen molar-refractivity contribution in [3.63, 3.8) is 0 Å². The van der Waals surface area contributed by atoms with Gasteiger partial charge in [0.2, 0.25) is 0 Å². The number of hydrogen-bond acceptors (Lipinski definition) is 3. The maximum Gasteiger partial charge on any atom is 0.172 e. The Morgan fingerprint density at radius 2 is 2.33 bits per heavy atom. The van der Waals surface area contributed by atoms with Crippen LogP contribution >= 0.6 is 11.8 Å². The first kappa shape index (κ1) is 13.0. The first-order chi connectivity index (χ1) is 8.70. The van der Waals surface area contributed by atoms with Crippen LogP contribution in [0.1, 0.15) is 22.3 Å². The summed E-state index contributed by atoms with van der Waals surface area (Å²) in [6.45, 7) is 7.57. The Morgan fingerprint density at radius 3 is 3.11 bits per heavy atom. The summed E-state index contributed by atoms with van der Waals surface area (Å²) < 4.78 is 0. The summed E-state index contributed by atoms with van der Waals surface area (Å²) in [4.78, 5) is 12.0. The largest absolute Gasteiger partial charge is 0.359 e. The van der Waals surface area contributed by atoms with Crippen LogP contribution in [0.4, 0.5) is 5.69 Å². The van der Waals surface area contributed by atoms with Crippen molar-refractivity contribution in [1.82, 2.24) is 0 Å². The van der Waals surface area contributed by atoms with E-state index in [1.54, 1.807) is 11.8 Å². The van der Waals surface area contributed by atoms with Crippen LogP contribution in [-0.2, 0) is 6.42 Å². The molecule has 0 aromatic heterocycles. The van der Waals surface area contributed by atoms with Gasteiger partial charge in [0.1, 0.15) is 0 Å². The van der Waals surface area contributed by atoms with Crippen LogP contribution in [0, 0.1) is 0 Å². The van der Waals surface area contributed by atoms with E-state index in [-0.39, 0.29) is 5.78 Å². The second kappa shape index (κ2) is 5.91. The van der Waals surface area contributed by atoms with Gasteiger partial charge < -0.3 is 5.32 Å². The molecule has 1 heterocycles. The van der Waals surface area contributed by atoms with Crippen LogP contribution in [0.15, 0.2) is 43.1 Å². The van der Waals surface area contributed by atoms with Crippen molar-refractivity contribution in [2.75, 3.05) is 16.8 Å². The molecule has 1 N–H and O–H groups in total. The molecule has 1 aromatic rings. The van der Waals surface area contributed by atoms with E-state index in [9.17, 15) is 4.79 Å². The molecule has 0 aliphatic carbocycles. The van der Waals surface area contributed by atoms with Gasteiger partial charge in [-0.3, -0.25) is 4.79 Å². The van der Waals surface area contributed by atoms with Crippen LogP contribution in [0.3, 0.4) is 0 Å². The van der Waals surface area contributed by atoms with Crippen molar-refractivity contribution >= 4 is 23.2 Å². The van der Waals surface area contributed by atoms with E-state index < -0.39 is 0 Å². The van der Waals surface area contributed by atoms with Gasteiger partial charge in [0.15, 0.2) is 5.78 Å². The molecule has 94 valence electrons. The van der Waals surface area contributed by atoms with Crippen molar-refractivity contribution in [1.29, 1.82) is 0 Å². The lowest BCUT2D eigenvalue weighted by Crippen LogP contribution is -2.03. The van der Waals surface area contributed by atoms with Gasteiger partial charge in [0, 0.05) is 23.4 Å². The van der Waals surface area contributed by atoms with Gasteiger partial charge in [-0.15, -0.1) is 6.58 Å². The first-order valence-electron chi connectivity index (χ1n) is 6.00. The number of nitrogens with one attached hydrogen (secondary N) is 1. The summed E-state index contributed by atoms with van der Waals surface area (Å²) in [6.07, 6.45) is 3.65. The number of carbonyl (C=O) groups is 1. The normalized spacial score (nSPS) is 13.0. The smallest absolute Gasteiger partial charge is 0.172 e. The summed E-state index contributed by atoms with van der Waals surface area (Å²) in [5.74, 6) is 1.70. The second-order valence-electron chi connectivity index (χ2n) is 4.33. The van der Waals surface area contributed by atoms with Crippen molar-refractivity contribution in [3.8, 4) is 0 Å². The highest BCUT2D eigenvalue weighted by molar-refractivity contribution is 7.99. The Labute approximate surface area is 112 Å². The third-order valence-electron chi connectivity index (χ3n) is 2.84. The summed E-state index contributed by atoms with van der Waals surface area (Å²) in [6, 6.07) is 5.84. The van der Waals surface area contributed by atoms with E-state index in [0.29, 0.717) is 5.75 Å². The monoisotopic (exact) mass is 259 g/mol. The van der Waals surface area contributed by atoms with E-state index in [2.05, 4.69) is 18.5 Å². The number of fused-ring (bicyclic) bond motifs is 1. The molecule has 0 fully saturated rings. The lowest BCUT2D eigenvalue weighted by Gasteiger charge is -2.03. The lowest BCUT2D eigenvalue weighted by atomic mass is 10.1. The molecule has 2 nitrogen and oxygen atoms in total. The standard InChI is InChI=1S/C15H17NOS/c1-3-4-7-18-10-15(17)12-5-6-14-13(9-12)8-11(2)16-14/h3,5-6,9,16H,1-2,4,7-8,10H2. The molecule has 1 aromatic carbocycles. The zero-order valence-electron chi connectivity index (χ0n) is 10.4. The Balaban J connectivity index is 1.97. The second-order valence-corrected chi connectivity index (χ2v) is 5.44. The third-order valence-corrected chi connectivity index (χ3v) is 3.83. The van der Waals surface area contributed by atoms with E-state index in [0.717, 1.165) is 35.5 Å². The minimum absolute atomic E-state index is 0.198. The maximum atomic E-state index is 12.0. The number of rotatable bonds is 6. The van der Waals surface area contributed by atoms with Crippen molar-refractivity contribution in [2.24, 2.45) is 0 Å². The van der Waals surface area contributed by atoms with Crippen LogP contribution in [0.25, 0.3) is 0 Å². The number of hydrogen-bond donors (Lipinski definition) is 1. The molecule has 0 spiro atoms. The van der Waals surface area contributed by atoms with Crippen molar-refractivity contribution in [2.45, 2.75) is 12.8 Å². The molecule has 0 saturated carbocycles.